The lowest BCUT2D eigenvalue weighted by atomic mass is 9.93. The lowest BCUT2D eigenvalue weighted by Gasteiger charge is -2.24. The van der Waals surface area contributed by atoms with E-state index in [2.05, 4.69) is 15.5 Å². The van der Waals surface area contributed by atoms with Gasteiger partial charge in [0.2, 0.25) is 0 Å². The summed E-state index contributed by atoms with van der Waals surface area (Å²) in [5.41, 5.74) is 5.23. The standard InChI is InChI=1S/C6H10N4O/c7-5-9-10-6(11-5)8-4-2-1-3-4/h4H,1-3H2,(H2,7,9)(H,8,10). The first-order valence-corrected chi connectivity index (χ1v) is 3.70. The molecule has 5 heteroatoms. The highest BCUT2D eigenvalue weighted by Gasteiger charge is 2.18. The third kappa shape index (κ3) is 1.26. The summed E-state index contributed by atoms with van der Waals surface area (Å²) in [6, 6.07) is 1.06. The number of hydrogen-bond acceptors (Lipinski definition) is 5. The van der Waals surface area contributed by atoms with Crippen molar-refractivity contribution in [2.75, 3.05) is 11.1 Å². The van der Waals surface area contributed by atoms with Crippen molar-refractivity contribution >= 4 is 12.0 Å². The second-order valence-electron chi connectivity index (χ2n) is 2.72. The fraction of sp³-hybridized carbons (Fsp3) is 0.667. The number of nitrogens with two attached hydrogens (primary N) is 1. The Kier molecular flexibility index (Phi) is 1.41. The third-order valence-corrected chi connectivity index (χ3v) is 1.87. The van der Waals surface area contributed by atoms with Crippen molar-refractivity contribution < 1.29 is 4.42 Å². The van der Waals surface area contributed by atoms with Gasteiger partial charge in [0, 0.05) is 6.04 Å². The van der Waals surface area contributed by atoms with Gasteiger partial charge in [-0.15, -0.1) is 0 Å². The summed E-state index contributed by atoms with van der Waals surface area (Å²) < 4.78 is 4.93. The van der Waals surface area contributed by atoms with E-state index in [1.807, 2.05) is 0 Å². The topological polar surface area (TPSA) is 77.0 Å². The molecule has 0 aromatic carbocycles. The number of aromatic nitrogens is 2. The van der Waals surface area contributed by atoms with Crippen LogP contribution in [0.5, 0.6) is 0 Å². The zero-order valence-corrected chi connectivity index (χ0v) is 6.08. The number of rotatable bonds is 2. The Bertz CT molecular complexity index is 242. The maximum absolute atomic E-state index is 5.23. The van der Waals surface area contributed by atoms with Crippen LogP contribution in [0, 0.1) is 0 Å². The monoisotopic (exact) mass is 154 g/mol. The molecule has 11 heavy (non-hydrogen) atoms. The molecular formula is C6H10N4O. The second-order valence-corrected chi connectivity index (χ2v) is 2.72. The minimum Gasteiger partial charge on any atom is -0.390 e. The molecule has 0 unspecified atom stereocenters. The predicted octanol–water partition coefficient (Wildman–Crippen LogP) is 0.616. The molecule has 0 amide bonds. The first kappa shape index (κ1) is 6.45. The molecule has 1 aliphatic carbocycles. The van der Waals surface area contributed by atoms with Crippen LogP contribution in [-0.4, -0.2) is 16.2 Å². The van der Waals surface area contributed by atoms with Gasteiger partial charge in [-0.2, -0.15) is 0 Å². The maximum atomic E-state index is 5.23. The van der Waals surface area contributed by atoms with E-state index in [-0.39, 0.29) is 6.01 Å². The van der Waals surface area contributed by atoms with E-state index >= 15 is 0 Å². The molecule has 1 heterocycles. The van der Waals surface area contributed by atoms with Crippen molar-refractivity contribution in [1.82, 2.24) is 10.2 Å². The Morgan fingerprint density at radius 1 is 1.45 bits per heavy atom. The quantitative estimate of drug-likeness (QED) is 0.652. The fourth-order valence-corrected chi connectivity index (χ4v) is 1.02. The Hall–Kier alpha value is -1.26. The van der Waals surface area contributed by atoms with Crippen molar-refractivity contribution in [2.24, 2.45) is 0 Å². The van der Waals surface area contributed by atoms with Crippen LogP contribution in [0.2, 0.25) is 0 Å². The molecule has 0 spiro atoms. The molecule has 1 aliphatic rings. The second kappa shape index (κ2) is 2.41. The Balaban J connectivity index is 1.95. The van der Waals surface area contributed by atoms with Crippen LogP contribution < -0.4 is 11.1 Å². The lowest BCUT2D eigenvalue weighted by molar-refractivity contribution is 0.430. The highest BCUT2D eigenvalue weighted by molar-refractivity contribution is 5.24. The van der Waals surface area contributed by atoms with Gasteiger partial charge < -0.3 is 15.5 Å². The van der Waals surface area contributed by atoms with Crippen LogP contribution >= 0.6 is 0 Å². The maximum Gasteiger partial charge on any atom is 0.317 e. The van der Waals surface area contributed by atoms with E-state index in [9.17, 15) is 0 Å². The van der Waals surface area contributed by atoms with Crippen molar-refractivity contribution in [3.8, 4) is 0 Å². The van der Waals surface area contributed by atoms with Gasteiger partial charge in [0.25, 0.3) is 0 Å². The van der Waals surface area contributed by atoms with Crippen molar-refractivity contribution in [3.63, 3.8) is 0 Å². The predicted molar refractivity (Wildman–Crippen MR) is 40.0 cm³/mol. The summed E-state index contributed by atoms with van der Waals surface area (Å²) in [6.07, 6.45) is 3.64. The van der Waals surface area contributed by atoms with E-state index in [1.54, 1.807) is 0 Å². The number of nitrogens with zero attached hydrogens (tertiary/aromatic N) is 2. The van der Waals surface area contributed by atoms with Gasteiger partial charge in [-0.1, -0.05) is 10.2 Å². The molecule has 3 N–H and O–H groups in total. The summed E-state index contributed by atoms with van der Waals surface area (Å²) in [7, 11) is 0. The zero-order valence-electron chi connectivity index (χ0n) is 6.08. The summed E-state index contributed by atoms with van der Waals surface area (Å²) in [6.45, 7) is 0. The lowest BCUT2D eigenvalue weighted by Crippen LogP contribution is -2.27. The molecule has 0 atom stereocenters. The molecule has 0 bridgehead atoms. The molecule has 1 fully saturated rings. The number of anilines is 2. The molecule has 1 aromatic rings. The Labute approximate surface area is 64.0 Å². The van der Waals surface area contributed by atoms with Gasteiger partial charge in [-0.25, -0.2) is 0 Å². The average Bonchev–Trinajstić information content (AvgIpc) is 2.27. The molecule has 60 valence electrons. The Morgan fingerprint density at radius 3 is 2.73 bits per heavy atom. The highest BCUT2D eigenvalue weighted by Crippen LogP contribution is 2.22. The van der Waals surface area contributed by atoms with Crippen LogP contribution in [0.1, 0.15) is 19.3 Å². The minimum atomic E-state index is 0.117. The summed E-state index contributed by atoms with van der Waals surface area (Å²) in [5, 5.41) is 10.3. The summed E-state index contributed by atoms with van der Waals surface area (Å²) >= 11 is 0. The van der Waals surface area contributed by atoms with E-state index in [1.165, 1.54) is 19.3 Å². The van der Waals surface area contributed by atoms with Crippen molar-refractivity contribution in [1.29, 1.82) is 0 Å². The van der Waals surface area contributed by atoms with Gasteiger partial charge in [-0.05, 0) is 19.3 Å². The minimum absolute atomic E-state index is 0.117. The van der Waals surface area contributed by atoms with E-state index in [0.717, 1.165) is 0 Å². The van der Waals surface area contributed by atoms with Crippen molar-refractivity contribution in [3.05, 3.63) is 0 Å². The molecule has 0 saturated heterocycles. The van der Waals surface area contributed by atoms with Gasteiger partial charge in [-0.3, -0.25) is 0 Å². The van der Waals surface area contributed by atoms with Gasteiger partial charge in [0.05, 0.1) is 0 Å². The third-order valence-electron chi connectivity index (χ3n) is 1.87. The van der Waals surface area contributed by atoms with Gasteiger partial charge in [0.15, 0.2) is 0 Å². The zero-order chi connectivity index (χ0) is 7.68. The van der Waals surface area contributed by atoms with Gasteiger partial charge >= 0.3 is 12.0 Å². The SMILES string of the molecule is Nc1nnc(NC2CCC2)o1. The van der Waals surface area contributed by atoms with Crippen LogP contribution in [0.4, 0.5) is 12.0 Å². The van der Waals surface area contributed by atoms with Crippen LogP contribution in [0.25, 0.3) is 0 Å². The smallest absolute Gasteiger partial charge is 0.317 e. The molecule has 0 radical (unpaired) electrons. The molecule has 5 nitrogen and oxygen atoms in total. The van der Waals surface area contributed by atoms with E-state index in [0.29, 0.717) is 12.1 Å². The molecular weight excluding hydrogens is 144 g/mol. The normalized spacial score (nSPS) is 17.8. The highest BCUT2D eigenvalue weighted by atomic mass is 16.4. The summed E-state index contributed by atoms with van der Waals surface area (Å²) in [5.74, 6) is 0. The Morgan fingerprint density at radius 2 is 2.27 bits per heavy atom. The number of nitrogen functional groups attached to an aromatic ring is 1. The van der Waals surface area contributed by atoms with E-state index in [4.69, 9.17) is 10.2 Å². The fourth-order valence-electron chi connectivity index (χ4n) is 1.02. The van der Waals surface area contributed by atoms with E-state index < -0.39 is 0 Å². The van der Waals surface area contributed by atoms with Crippen LogP contribution in [0.15, 0.2) is 4.42 Å². The number of nitrogens with one attached hydrogen (secondary N) is 1. The average molecular weight is 154 g/mol. The molecule has 1 saturated carbocycles. The van der Waals surface area contributed by atoms with Gasteiger partial charge in [0.1, 0.15) is 0 Å². The first-order chi connectivity index (χ1) is 5.34. The molecule has 1 aromatic heterocycles. The van der Waals surface area contributed by atoms with Crippen LogP contribution in [-0.2, 0) is 0 Å². The summed E-state index contributed by atoms with van der Waals surface area (Å²) in [4.78, 5) is 0. The largest absolute Gasteiger partial charge is 0.390 e. The number of hydrogen-bond donors (Lipinski definition) is 2. The first-order valence-electron chi connectivity index (χ1n) is 3.70. The molecule has 0 aliphatic heterocycles. The molecule has 2 rings (SSSR count). The van der Waals surface area contributed by atoms with Crippen LogP contribution in [0.3, 0.4) is 0 Å². The van der Waals surface area contributed by atoms with Crippen molar-refractivity contribution in [2.45, 2.75) is 25.3 Å².